The second-order valence-electron chi connectivity index (χ2n) is 3.32. The van der Waals surface area contributed by atoms with Gasteiger partial charge in [-0.25, -0.2) is 0 Å². The van der Waals surface area contributed by atoms with Gasteiger partial charge in [-0.1, -0.05) is 30.4 Å². The van der Waals surface area contributed by atoms with E-state index in [4.69, 9.17) is 4.74 Å². The van der Waals surface area contributed by atoms with Gasteiger partial charge in [0.2, 0.25) is 0 Å². The van der Waals surface area contributed by atoms with Crippen molar-refractivity contribution < 1.29 is 9.53 Å². The number of rotatable bonds is 4. The van der Waals surface area contributed by atoms with E-state index in [0.717, 1.165) is 18.4 Å². The summed E-state index contributed by atoms with van der Waals surface area (Å²) in [5.74, 6) is -0.218. The molecule has 0 aromatic heterocycles. The number of allylic oxidation sites excluding steroid dienone is 4. The van der Waals surface area contributed by atoms with Crippen LogP contribution in [0.5, 0.6) is 0 Å². The molecule has 0 amide bonds. The molecule has 0 atom stereocenters. The van der Waals surface area contributed by atoms with Gasteiger partial charge in [0.1, 0.15) is 6.61 Å². The fourth-order valence-corrected chi connectivity index (χ4v) is 1.24. The number of esters is 1. The van der Waals surface area contributed by atoms with Crippen LogP contribution < -0.4 is 5.32 Å². The summed E-state index contributed by atoms with van der Waals surface area (Å²) in [5.41, 5.74) is 1.06. The average molecular weight is 207 g/mol. The third kappa shape index (κ3) is 5.18. The molecule has 82 valence electrons. The zero-order valence-electron chi connectivity index (χ0n) is 9.03. The maximum Gasteiger partial charge on any atom is 0.320 e. The van der Waals surface area contributed by atoms with Crippen molar-refractivity contribution in [1.82, 2.24) is 5.32 Å². The van der Waals surface area contributed by atoms with Gasteiger partial charge in [0, 0.05) is 0 Å². The van der Waals surface area contributed by atoms with Crippen molar-refractivity contribution in [1.29, 1.82) is 0 Å². The molecule has 0 spiro atoms. The van der Waals surface area contributed by atoms with E-state index in [1.807, 2.05) is 6.08 Å². The predicted molar refractivity (Wildman–Crippen MR) is 60.5 cm³/mol. The summed E-state index contributed by atoms with van der Waals surface area (Å²) in [5, 5.41) is 2.75. The van der Waals surface area contributed by atoms with Crippen LogP contribution in [0, 0.1) is 0 Å². The summed E-state index contributed by atoms with van der Waals surface area (Å²) >= 11 is 0. The highest BCUT2D eigenvalue weighted by atomic mass is 16.5. The summed E-state index contributed by atoms with van der Waals surface area (Å²) in [6, 6.07) is 0. The van der Waals surface area contributed by atoms with Crippen molar-refractivity contribution >= 4 is 5.97 Å². The lowest BCUT2D eigenvalue weighted by Gasteiger charge is -2.06. The minimum Gasteiger partial charge on any atom is -0.460 e. The summed E-state index contributed by atoms with van der Waals surface area (Å²) in [6.07, 6.45) is 12.2. The molecule has 0 unspecified atom stereocenters. The minimum absolute atomic E-state index is 0.218. The first-order valence-corrected chi connectivity index (χ1v) is 5.13. The molecule has 3 heteroatoms. The molecule has 1 aliphatic rings. The van der Waals surface area contributed by atoms with Gasteiger partial charge in [-0.2, -0.15) is 0 Å². The molecular weight excluding hydrogens is 190 g/mol. The molecule has 0 fully saturated rings. The van der Waals surface area contributed by atoms with E-state index in [1.54, 1.807) is 7.05 Å². The second kappa shape index (κ2) is 7.01. The minimum atomic E-state index is -0.218. The van der Waals surface area contributed by atoms with E-state index in [-0.39, 0.29) is 12.5 Å². The van der Waals surface area contributed by atoms with E-state index in [9.17, 15) is 4.79 Å². The summed E-state index contributed by atoms with van der Waals surface area (Å²) in [4.78, 5) is 11.1. The summed E-state index contributed by atoms with van der Waals surface area (Å²) in [7, 11) is 1.72. The molecule has 1 N–H and O–H groups in total. The highest BCUT2D eigenvalue weighted by Crippen LogP contribution is 2.06. The Kier molecular flexibility index (Phi) is 5.48. The zero-order valence-corrected chi connectivity index (χ0v) is 9.03. The maximum atomic E-state index is 11.1. The van der Waals surface area contributed by atoms with Gasteiger partial charge >= 0.3 is 5.97 Å². The molecule has 0 radical (unpaired) electrons. The predicted octanol–water partition coefficient (Wildman–Crippen LogP) is 1.58. The molecule has 0 aliphatic heterocycles. The van der Waals surface area contributed by atoms with Gasteiger partial charge in [0.25, 0.3) is 0 Å². The van der Waals surface area contributed by atoms with E-state index >= 15 is 0 Å². The van der Waals surface area contributed by atoms with E-state index in [0.29, 0.717) is 6.61 Å². The molecule has 0 saturated heterocycles. The number of carbonyl (C=O) groups excluding carboxylic acids is 1. The van der Waals surface area contributed by atoms with E-state index in [2.05, 4.69) is 29.6 Å². The number of hydrogen-bond acceptors (Lipinski definition) is 3. The monoisotopic (exact) mass is 207 g/mol. The Morgan fingerprint density at radius 3 is 3.00 bits per heavy atom. The molecule has 0 aromatic carbocycles. The lowest BCUT2D eigenvalue weighted by Crippen LogP contribution is -2.21. The second-order valence-corrected chi connectivity index (χ2v) is 3.32. The normalized spacial score (nSPS) is 21.0. The first-order chi connectivity index (χ1) is 7.33. The van der Waals surface area contributed by atoms with Crippen LogP contribution in [-0.4, -0.2) is 26.2 Å². The molecule has 3 nitrogen and oxygen atoms in total. The Hall–Kier alpha value is -1.35. The average Bonchev–Trinajstić information content (AvgIpc) is 2.16. The molecule has 1 rings (SSSR count). The van der Waals surface area contributed by atoms with Crippen molar-refractivity contribution in [2.45, 2.75) is 12.8 Å². The van der Waals surface area contributed by atoms with Gasteiger partial charge in [0.15, 0.2) is 0 Å². The number of ether oxygens (including phenoxy) is 1. The van der Waals surface area contributed by atoms with Crippen LogP contribution in [0.25, 0.3) is 0 Å². The van der Waals surface area contributed by atoms with Crippen molar-refractivity contribution in [3.8, 4) is 0 Å². The Bertz CT molecular complexity index is 290. The van der Waals surface area contributed by atoms with Crippen molar-refractivity contribution in [3.05, 3.63) is 36.0 Å². The maximum absolute atomic E-state index is 11.1. The van der Waals surface area contributed by atoms with Gasteiger partial charge in [-0.15, -0.1) is 0 Å². The largest absolute Gasteiger partial charge is 0.460 e. The van der Waals surface area contributed by atoms with Gasteiger partial charge in [-0.3, -0.25) is 4.79 Å². The molecular formula is C12H17NO2. The quantitative estimate of drug-likeness (QED) is 0.562. The molecule has 1 aliphatic carbocycles. The van der Waals surface area contributed by atoms with Crippen LogP contribution in [-0.2, 0) is 9.53 Å². The topological polar surface area (TPSA) is 38.3 Å². The fraction of sp³-hybridized carbons (Fsp3) is 0.417. The Balaban J connectivity index is 2.36. The van der Waals surface area contributed by atoms with Gasteiger partial charge in [-0.05, 0) is 25.5 Å². The van der Waals surface area contributed by atoms with E-state index < -0.39 is 0 Å². The third-order valence-corrected chi connectivity index (χ3v) is 2.01. The Morgan fingerprint density at radius 2 is 2.20 bits per heavy atom. The smallest absolute Gasteiger partial charge is 0.320 e. The number of likely N-dealkylation sites (N-methyl/N-ethyl adjacent to an activating group) is 1. The van der Waals surface area contributed by atoms with Gasteiger partial charge < -0.3 is 10.1 Å². The number of hydrogen-bond donors (Lipinski definition) is 1. The highest BCUT2D eigenvalue weighted by molar-refractivity contribution is 5.71. The zero-order chi connectivity index (χ0) is 10.9. The SMILES string of the molecule is CNCC(=O)OCC1=C/CC=CC/C=C\1. The summed E-state index contributed by atoms with van der Waals surface area (Å²) in [6.45, 7) is 0.627. The van der Waals surface area contributed by atoms with E-state index in [1.165, 1.54) is 0 Å². The van der Waals surface area contributed by atoms with Crippen LogP contribution in [0.4, 0.5) is 0 Å². The number of nitrogens with one attached hydrogen (secondary N) is 1. The molecule has 0 bridgehead atoms. The lowest BCUT2D eigenvalue weighted by molar-refractivity contribution is -0.141. The van der Waals surface area contributed by atoms with Crippen molar-refractivity contribution in [2.24, 2.45) is 0 Å². The molecule has 15 heavy (non-hydrogen) atoms. The number of carbonyl (C=O) groups is 1. The van der Waals surface area contributed by atoms with Crippen molar-refractivity contribution in [2.75, 3.05) is 20.2 Å². The molecule has 0 saturated carbocycles. The standard InChI is InChI=1S/C12H17NO2/c1-13-9-12(14)15-10-11-7-5-3-2-4-6-8-11/h2-3,6-8,13H,4-5,9-10H2,1H3/b3-2?,8-6-,11-7+. The van der Waals surface area contributed by atoms with Crippen LogP contribution in [0.2, 0.25) is 0 Å². The highest BCUT2D eigenvalue weighted by Gasteiger charge is 2.01. The Labute approximate surface area is 90.5 Å². The van der Waals surface area contributed by atoms with Crippen LogP contribution in [0.15, 0.2) is 36.0 Å². The van der Waals surface area contributed by atoms with Crippen molar-refractivity contribution in [3.63, 3.8) is 0 Å². The van der Waals surface area contributed by atoms with Crippen LogP contribution in [0.3, 0.4) is 0 Å². The van der Waals surface area contributed by atoms with Crippen LogP contribution >= 0.6 is 0 Å². The first kappa shape index (κ1) is 11.7. The lowest BCUT2D eigenvalue weighted by atomic mass is 10.1. The summed E-state index contributed by atoms with van der Waals surface area (Å²) < 4.78 is 5.07. The van der Waals surface area contributed by atoms with Gasteiger partial charge in [0.05, 0.1) is 6.54 Å². The third-order valence-electron chi connectivity index (χ3n) is 2.01. The van der Waals surface area contributed by atoms with Crippen LogP contribution in [0.1, 0.15) is 12.8 Å². The Morgan fingerprint density at radius 1 is 1.40 bits per heavy atom. The molecule has 0 aromatic rings. The fourth-order valence-electron chi connectivity index (χ4n) is 1.24. The molecule has 0 heterocycles. The first-order valence-electron chi connectivity index (χ1n) is 5.13.